The smallest absolute Gasteiger partial charge is 0.253 e. The van der Waals surface area contributed by atoms with Gasteiger partial charge in [-0.1, -0.05) is 47.6 Å². The molecular weight excluding hydrogens is 366 g/mol. The molecule has 0 saturated carbocycles. The number of guanidine groups is 1. The highest BCUT2D eigenvalue weighted by Gasteiger charge is 2.09. The summed E-state index contributed by atoms with van der Waals surface area (Å²) < 4.78 is 5.41. The molecule has 0 spiro atoms. The maximum atomic E-state index is 11.9. The van der Waals surface area contributed by atoms with Gasteiger partial charge < -0.3 is 20.1 Å². The number of carbonyl (C=O) groups excluding carboxylic acids is 1. The molecule has 0 aliphatic heterocycles. The van der Waals surface area contributed by atoms with Gasteiger partial charge in [-0.2, -0.15) is 0 Å². The molecule has 3 rings (SSSR count). The second-order valence-corrected chi connectivity index (χ2v) is 6.72. The number of nitrogens with one attached hydrogen (secondary N) is 2. The van der Waals surface area contributed by atoms with E-state index in [0.717, 1.165) is 22.6 Å². The van der Waals surface area contributed by atoms with E-state index in [1.54, 1.807) is 26.0 Å². The van der Waals surface area contributed by atoms with Crippen molar-refractivity contribution < 1.29 is 9.32 Å². The van der Waals surface area contributed by atoms with Crippen molar-refractivity contribution in [1.29, 1.82) is 0 Å². The lowest BCUT2D eigenvalue weighted by Gasteiger charge is -2.12. The fourth-order valence-corrected chi connectivity index (χ4v) is 2.74. The molecule has 0 fully saturated rings. The molecule has 0 aliphatic rings. The van der Waals surface area contributed by atoms with Crippen LogP contribution in [0.25, 0.3) is 11.3 Å². The van der Waals surface area contributed by atoms with Crippen molar-refractivity contribution in [1.82, 2.24) is 20.7 Å². The Morgan fingerprint density at radius 2 is 1.72 bits per heavy atom. The van der Waals surface area contributed by atoms with Crippen LogP contribution >= 0.6 is 0 Å². The van der Waals surface area contributed by atoms with Crippen LogP contribution in [0.5, 0.6) is 0 Å². The van der Waals surface area contributed by atoms with E-state index in [1.807, 2.05) is 60.7 Å². The molecule has 1 aromatic heterocycles. The molecule has 3 aromatic rings. The molecule has 150 valence electrons. The van der Waals surface area contributed by atoms with Crippen molar-refractivity contribution in [3.63, 3.8) is 0 Å². The minimum atomic E-state index is -0.00975. The summed E-state index contributed by atoms with van der Waals surface area (Å²) in [6, 6.07) is 19.3. The highest BCUT2D eigenvalue weighted by atomic mass is 16.5. The number of carbonyl (C=O) groups is 1. The van der Waals surface area contributed by atoms with Crippen molar-refractivity contribution >= 4 is 11.9 Å². The second kappa shape index (κ2) is 9.54. The quantitative estimate of drug-likeness (QED) is 0.499. The van der Waals surface area contributed by atoms with E-state index in [4.69, 9.17) is 4.52 Å². The van der Waals surface area contributed by atoms with Crippen LogP contribution in [0.3, 0.4) is 0 Å². The number of hydrogen-bond acceptors (Lipinski definition) is 4. The number of hydrogen-bond donors (Lipinski definition) is 2. The molecule has 2 aromatic carbocycles. The van der Waals surface area contributed by atoms with Gasteiger partial charge in [-0.25, -0.2) is 0 Å². The second-order valence-electron chi connectivity index (χ2n) is 6.72. The van der Waals surface area contributed by atoms with Gasteiger partial charge >= 0.3 is 0 Å². The molecule has 1 heterocycles. The summed E-state index contributed by atoms with van der Waals surface area (Å²) in [6.45, 7) is 1.08. The van der Waals surface area contributed by atoms with E-state index < -0.39 is 0 Å². The molecule has 0 bridgehead atoms. The van der Waals surface area contributed by atoms with Crippen LogP contribution in [0.15, 0.2) is 70.2 Å². The lowest BCUT2D eigenvalue weighted by molar-refractivity contribution is 0.0827. The van der Waals surface area contributed by atoms with Crippen LogP contribution in [-0.4, -0.2) is 43.1 Å². The number of amides is 1. The highest BCUT2D eigenvalue weighted by Crippen LogP contribution is 2.19. The molecule has 0 aliphatic carbocycles. The van der Waals surface area contributed by atoms with E-state index in [2.05, 4.69) is 20.8 Å². The minimum absolute atomic E-state index is 0.00975. The topological polar surface area (TPSA) is 82.8 Å². The first-order valence-corrected chi connectivity index (χ1v) is 9.33. The van der Waals surface area contributed by atoms with Crippen molar-refractivity contribution in [3.8, 4) is 11.3 Å². The van der Waals surface area contributed by atoms with Crippen molar-refractivity contribution in [2.45, 2.75) is 13.1 Å². The molecule has 0 saturated heterocycles. The van der Waals surface area contributed by atoms with Crippen molar-refractivity contribution in [2.24, 2.45) is 4.99 Å². The minimum Gasteiger partial charge on any atom is -0.356 e. The van der Waals surface area contributed by atoms with E-state index in [9.17, 15) is 4.79 Å². The molecule has 1 amide bonds. The molecule has 0 unspecified atom stereocenters. The van der Waals surface area contributed by atoms with Gasteiger partial charge in [0.2, 0.25) is 0 Å². The largest absolute Gasteiger partial charge is 0.356 e. The molecule has 0 atom stereocenters. The van der Waals surface area contributed by atoms with Gasteiger partial charge in [-0.15, -0.1) is 0 Å². The van der Waals surface area contributed by atoms with E-state index >= 15 is 0 Å². The van der Waals surface area contributed by atoms with Gasteiger partial charge in [0.15, 0.2) is 11.7 Å². The average Bonchev–Trinajstić information content (AvgIpc) is 3.23. The summed E-state index contributed by atoms with van der Waals surface area (Å²) in [5.41, 5.74) is 3.50. The van der Waals surface area contributed by atoms with E-state index in [1.165, 1.54) is 0 Å². The number of nitrogens with zero attached hydrogens (tertiary/aromatic N) is 3. The van der Waals surface area contributed by atoms with Gasteiger partial charge in [0.05, 0.1) is 6.54 Å². The van der Waals surface area contributed by atoms with Crippen LogP contribution in [0.4, 0.5) is 0 Å². The van der Waals surface area contributed by atoms with Crippen LogP contribution in [0.2, 0.25) is 0 Å². The maximum Gasteiger partial charge on any atom is 0.253 e. The number of aromatic nitrogens is 1. The van der Waals surface area contributed by atoms with Crippen LogP contribution < -0.4 is 10.6 Å². The molecular formula is C22H25N5O2. The monoisotopic (exact) mass is 391 g/mol. The normalized spacial score (nSPS) is 11.2. The number of aliphatic imine (C=N–C) groups is 1. The van der Waals surface area contributed by atoms with E-state index in [-0.39, 0.29) is 5.91 Å². The van der Waals surface area contributed by atoms with E-state index in [0.29, 0.717) is 24.6 Å². The zero-order valence-electron chi connectivity index (χ0n) is 16.8. The lowest BCUT2D eigenvalue weighted by Crippen LogP contribution is -2.36. The summed E-state index contributed by atoms with van der Waals surface area (Å²) in [7, 11) is 5.20. The summed E-state index contributed by atoms with van der Waals surface area (Å²) in [6.07, 6.45) is 0. The average molecular weight is 391 g/mol. The van der Waals surface area contributed by atoms with Crippen molar-refractivity contribution in [3.05, 3.63) is 77.5 Å². The zero-order valence-corrected chi connectivity index (χ0v) is 16.8. The van der Waals surface area contributed by atoms with Crippen LogP contribution in [-0.2, 0) is 13.1 Å². The Balaban J connectivity index is 1.51. The Morgan fingerprint density at radius 3 is 2.38 bits per heavy atom. The molecule has 0 radical (unpaired) electrons. The van der Waals surface area contributed by atoms with Crippen LogP contribution in [0.1, 0.15) is 21.6 Å². The first-order chi connectivity index (χ1) is 14.1. The lowest BCUT2D eigenvalue weighted by atomic mass is 10.1. The summed E-state index contributed by atoms with van der Waals surface area (Å²) in [5.74, 6) is 1.38. The van der Waals surface area contributed by atoms with Gasteiger partial charge in [0.25, 0.3) is 5.91 Å². The standard InChI is InChI=1S/C22H25N5O2/c1-23-22(24-14-16-9-11-18(12-10-16)21(28)27(2)3)25-15-19-13-20(29-26-19)17-7-5-4-6-8-17/h4-13H,14-15H2,1-3H3,(H2,23,24,25). The Morgan fingerprint density at radius 1 is 1.03 bits per heavy atom. The van der Waals surface area contributed by atoms with Gasteiger partial charge in [0, 0.05) is 44.9 Å². The SMILES string of the molecule is CN=C(NCc1ccc(C(=O)N(C)C)cc1)NCc1cc(-c2ccccc2)on1. The third-order valence-corrected chi connectivity index (χ3v) is 4.34. The zero-order chi connectivity index (χ0) is 20.6. The van der Waals surface area contributed by atoms with Gasteiger partial charge in [-0.3, -0.25) is 9.79 Å². The maximum absolute atomic E-state index is 11.9. The highest BCUT2D eigenvalue weighted by molar-refractivity contribution is 5.93. The summed E-state index contributed by atoms with van der Waals surface area (Å²) >= 11 is 0. The fraction of sp³-hybridized carbons (Fsp3) is 0.227. The summed E-state index contributed by atoms with van der Waals surface area (Å²) in [5, 5.41) is 10.6. The van der Waals surface area contributed by atoms with Gasteiger partial charge in [-0.05, 0) is 17.7 Å². The van der Waals surface area contributed by atoms with Gasteiger partial charge in [0.1, 0.15) is 5.69 Å². The third kappa shape index (κ3) is 5.44. The Bertz CT molecular complexity index is 962. The van der Waals surface area contributed by atoms with Crippen LogP contribution in [0, 0.1) is 0 Å². The number of benzene rings is 2. The predicted octanol–water partition coefficient (Wildman–Crippen LogP) is 2.91. The predicted molar refractivity (Wildman–Crippen MR) is 113 cm³/mol. The first-order valence-electron chi connectivity index (χ1n) is 9.33. The Labute approximate surface area is 170 Å². The third-order valence-electron chi connectivity index (χ3n) is 4.34. The Kier molecular flexibility index (Phi) is 6.63. The molecule has 2 N–H and O–H groups in total. The van der Waals surface area contributed by atoms with Crippen molar-refractivity contribution in [2.75, 3.05) is 21.1 Å². The number of rotatable bonds is 6. The molecule has 7 nitrogen and oxygen atoms in total. The first kappa shape index (κ1) is 20.1. The summed E-state index contributed by atoms with van der Waals surface area (Å²) in [4.78, 5) is 17.7. The Hall–Kier alpha value is -3.61. The fourth-order valence-electron chi connectivity index (χ4n) is 2.74. The molecule has 29 heavy (non-hydrogen) atoms. The molecule has 7 heteroatoms.